The van der Waals surface area contributed by atoms with Gasteiger partial charge in [-0.3, -0.25) is 10.7 Å². The van der Waals surface area contributed by atoms with Gasteiger partial charge in [-0.25, -0.2) is 14.8 Å². The number of carbonyl (C=O) groups excluding carboxylic acids is 1. The molecule has 0 bridgehead atoms. The van der Waals surface area contributed by atoms with Crippen LogP contribution < -0.4 is 15.6 Å². The van der Waals surface area contributed by atoms with E-state index in [2.05, 4.69) is 25.7 Å². The number of morpholine rings is 1. The Balaban J connectivity index is 1.46. The average Bonchev–Trinajstić information content (AvgIpc) is 2.88. The summed E-state index contributed by atoms with van der Waals surface area (Å²) in [7, 11) is 0. The molecule has 40 heavy (non-hydrogen) atoms. The fourth-order valence-corrected chi connectivity index (χ4v) is 4.05. The molecular formula is C28H31F3N6O3. The summed E-state index contributed by atoms with van der Waals surface area (Å²) in [6, 6.07) is 13.8. The summed E-state index contributed by atoms with van der Waals surface area (Å²) in [6.45, 7) is 7.89. The largest absolute Gasteiger partial charge is 0.443 e. The van der Waals surface area contributed by atoms with Crippen LogP contribution in [0.4, 0.5) is 35.3 Å². The number of nitrogens with one attached hydrogen (secondary N) is 2. The summed E-state index contributed by atoms with van der Waals surface area (Å²) in [5, 5.41) is 6.78. The second kappa shape index (κ2) is 12.3. The van der Waals surface area contributed by atoms with Crippen molar-refractivity contribution in [1.82, 2.24) is 9.97 Å². The van der Waals surface area contributed by atoms with E-state index in [0.29, 0.717) is 43.8 Å². The first kappa shape index (κ1) is 28.8. The van der Waals surface area contributed by atoms with Gasteiger partial charge in [0.05, 0.1) is 25.0 Å². The van der Waals surface area contributed by atoms with E-state index in [1.54, 1.807) is 26.1 Å². The smallest absolute Gasteiger partial charge is 0.416 e. The molecule has 2 N–H and O–H groups in total. The van der Waals surface area contributed by atoms with E-state index in [0.717, 1.165) is 23.3 Å². The Kier molecular flexibility index (Phi) is 8.88. The first-order valence-corrected chi connectivity index (χ1v) is 12.7. The predicted octanol–water partition coefficient (Wildman–Crippen LogP) is 5.66. The van der Waals surface area contributed by atoms with E-state index in [4.69, 9.17) is 14.5 Å². The molecule has 1 aliphatic rings. The summed E-state index contributed by atoms with van der Waals surface area (Å²) in [4.78, 5) is 23.9. The Morgan fingerprint density at radius 1 is 1.10 bits per heavy atom. The normalized spacial score (nSPS) is 14.3. The molecule has 0 radical (unpaired) electrons. The van der Waals surface area contributed by atoms with Gasteiger partial charge in [-0.1, -0.05) is 29.8 Å². The quantitative estimate of drug-likeness (QED) is 0.273. The van der Waals surface area contributed by atoms with Gasteiger partial charge in [-0.15, -0.1) is 0 Å². The number of amides is 1. The molecule has 212 valence electrons. The van der Waals surface area contributed by atoms with E-state index in [9.17, 15) is 18.0 Å². The van der Waals surface area contributed by atoms with E-state index >= 15 is 0 Å². The van der Waals surface area contributed by atoms with Crippen molar-refractivity contribution in [2.45, 2.75) is 39.0 Å². The predicted molar refractivity (Wildman–Crippen MR) is 147 cm³/mol. The van der Waals surface area contributed by atoms with E-state index in [1.165, 1.54) is 12.1 Å². The van der Waals surface area contributed by atoms with Crippen molar-refractivity contribution in [3.63, 3.8) is 0 Å². The van der Waals surface area contributed by atoms with Crippen LogP contribution in [-0.2, 0) is 22.1 Å². The molecule has 1 aliphatic heterocycles. The number of rotatable bonds is 8. The molecule has 1 fully saturated rings. The van der Waals surface area contributed by atoms with Crippen molar-refractivity contribution in [3.8, 4) is 0 Å². The molecule has 0 aliphatic carbocycles. The van der Waals surface area contributed by atoms with E-state index in [-0.39, 0.29) is 12.1 Å². The lowest BCUT2D eigenvalue weighted by atomic mass is 10.0. The molecule has 4 rings (SSSR count). The highest BCUT2D eigenvalue weighted by Crippen LogP contribution is 2.30. The summed E-state index contributed by atoms with van der Waals surface area (Å²) >= 11 is 0. The number of benzene rings is 2. The number of hydrogen-bond acceptors (Lipinski definition) is 8. The van der Waals surface area contributed by atoms with Crippen LogP contribution in [0.25, 0.3) is 0 Å². The minimum Gasteiger partial charge on any atom is -0.443 e. The third-order valence-corrected chi connectivity index (χ3v) is 5.94. The molecule has 0 atom stereocenters. The second-order valence-corrected chi connectivity index (χ2v) is 9.94. The highest BCUT2D eigenvalue weighted by molar-refractivity contribution is 5.85. The standard InChI is InChI=1S/C28H31F3N6O3/c1-19-5-4-6-20(15-19)18-32-36-23-16-25(37-11-13-39-14-12-37)35-24(34-23)17-27(2,3)40-26(38)33-22-9-7-21(8-10-22)28(29,30)31/h4-10,15-16,18H,11-14,17H2,1-3H3,(H,33,38)(H,34,35,36)/b32-18+. The van der Waals surface area contributed by atoms with Crippen LogP contribution in [-0.4, -0.2) is 54.2 Å². The number of carbonyl (C=O) groups is 1. The zero-order valence-electron chi connectivity index (χ0n) is 22.5. The topological polar surface area (TPSA) is 101 Å². The van der Waals surface area contributed by atoms with Gasteiger partial charge in [0.1, 0.15) is 17.2 Å². The highest BCUT2D eigenvalue weighted by Gasteiger charge is 2.30. The Morgan fingerprint density at radius 2 is 1.82 bits per heavy atom. The van der Waals surface area contributed by atoms with Gasteiger partial charge in [0.25, 0.3) is 0 Å². The van der Waals surface area contributed by atoms with E-state index < -0.39 is 23.4 Å². The van der Waals surface area contributed by atoms with Crippen molar-refractivity contribution in [2.75, 3.05) is 41.9 Å². The summed E-state index contributed by atoms with van der Waals surface area (Å²) in [5.74, 6) is 1.58. The number of hydrazone groups is 1. The number of hydrogen-bond donors (Lipinski definition) is 2. The molecule has 2 aromatic carbocycles. The maximum absolute atomic E-state index is 12.8. The molecule has 0 saturated carbocycles. The molecule has 12 heteroatoms. The van der Waals surface area contributed by atoms with Gasteiger partial charge in [0.15, 0.2) is 5.82 Å². The lowest BCUT2D eigenvalue weighted by Crippen LogP contribution is -2.37. The molecule has 1 saturated heterocycles. The third-order valence-electron chi connectivity index (χ3n) is 5.94. The Morgan fingerprint density at radius 3 is 2.50 bits per heavy atom. The van der Waals surface area contributed by atoms with E-state index in [1.807, 2.05) is 31.2 Å². The zero-order chi connectivity index (χ0) is 28.8. The number of nitrogens with zero attached hydrogens (tertiary/aromatic N) is 4. The maximum atomic E-state index is 12.8. The second-order valence-electron chi connectivity index (χ2n) is 9.94. The molecule has 9 nitrogen and oxygen atoms in total. The lowest BCUT2D eigenvalue weighted by Gasteiger charge is -2.29. The number of aromatic nitrogens is 2. The van der Waals surface area contributed by atoms with Crippen LogP contribution in [0, 0.1) is 6.92 Å². The molecule has 0 spiro atoms. The fourth-order valence-electron chi connectivity index (χ4n) is 4.05. The van der Waals surface area contributed by atoms with Gasteiger partial charge in [0.2, 0.25) is 0 Å². The Bertz CT molecular complexity index is 1340. The fraction of sp³-hybridized carbons (Fsp3) is 0.357. The molecular weight excluding hydrogens is 525 g/mol. The zero-order valence-corrected chi connectivity index (χ0v) is 22.5. The van der Waals surface area contributed by atoms with Crippen LogP contribution in [0.2, 0.25) is 0 Å². The molecule has 1 aromatic heterocycles. The van der Waals surface area contributed by atoms with Crippen LogP contribution in [0.3, 0.4) is 0 Å². The van der Waals surface area contributed by atoms with Crippen LogP contribution in [0.15, 0.2) is 59.7 Å². The summed E-state index contributed by atoms with van der Waals surface area (Å²) in [5.41, 5.74) is 3.35. The van der Waals surface area contributed by atoms with Crippen LogP contribution in [0.1, 0.15) is 36.4 Å². The van der Waals surface area contributed by atoms with Gasteiger partial charge in [-0.2, -0.15) is 18.3 Å². The number of anilines is 3. The summed E-state index contributed by atoms with van der Waals surface area (Å²) in [6.07, 6.45) is -3.41. The lowest BCUT2D eigenvalue weighted by molar-refractivity contribution is -0.137. The number of halogens is 3. The van der Waals surface area contributed by atoms with Crippen LogP contribution in [0.5, 0.6) is 0 Å². The Hall–Kier alpha value is -4.19. The molecule has 0 unspecified atom stereocenters. The van der Waals surface area contributed by atoms with Gasteiger partial charge in [0, 0.05) is 31.3 Å². The van der Waals surface area contributed by atoms with Crippen molar-refractivity contribution in [2.24, 2.45) is 5.10 Å². The van der Waals surface area contributed by atoms with Gasteiger partial charge in [-0.05, 0) is 50.6 Å². The minimum absolute atomic E-state index is 0.169. The highest BCUT2D eigenvalue weighted by atomic mass is 19.4. The minimum atomic E-state index is -4.46. The SMILES string of the molecule is Cc1cccc(/C=N/Nc2cc(N3CCOCC3)nc(CC(C)(C)OC(=O)Nc3ccc(C(F)(F)F)cc3)n2)c1. The monoisotopic (exact) mass is 556 g/mol. The third kappa shape index (κ3) is 8.40. The van der Waals surface area contributed by atoms with Gasteiger partial charge >= 0.3 is 12.3 Å². The molecule has 3 aromatic rings. The maximum Gasteiger partial charge on any atom is 0.416 e. The number of aryl methyl sites for hydroxylation is 1. The molecule has 2 heterocycles. The summed E-state index contributed by atoms with van der Waals surface area (Å²) < 4.78 is 49.4. The van der Waals surface area contributed by atoms with Gasteiger partial charge < -0.3 is 14.4 Å². The van der Waals surface area contributed by atoms with Crippen molar-refractivity contribution in [3.05, 3.63) is 77.1 Å². The number of alkyl halides is 3. The van der Waals surface area contributed by atoms with Crippen molar-refractivity contribution < 1.29 is 27.4 Å². The average molecular weight is 557 g/mol. The molecule has 1 amide bonds. The van der Waals surface area contributed by atoms with Crippen LogP contribution >= 0.6 is 0 Å². The Labute approximate surface area is 230 Å². The van der Waals surface area contributed by atoms with Crippen molar-refractivity contribution >= 4 is 29.6 Å². The first-order valence-electron chi connectivity index (χ1n) is 12.7. The first-order chi connectivity index (χ1) is 19.0. The number of ether oxygens (including phenoxy) is 2. The van der Waals surface area contributed by atoms with Crippen molar-refractivity contribution in [1.29, 1.82) is 0 Å².